The molecule has 58 valence electrons. The molecule has 0 bridgehead atoms. The van der Waals surface area contributed by atoms with Crippen LogP contribution in [0.1, 0.15) is 13.3 Å². The van der Waals surface area contributed by atoms with Crippen molar-refractivity contribution in [1.82, 2.24) is 0 Å². The van der Waals surface area contributed by atoms with Gasteiger partial charge in [-0.3, -0.25) is 5.50 Å². The smallest absolute Gasteiger partial charge is 0.311 e. The van der Waals surface area contributed by atoms with Crippen LogP contribution in [0.5, 0.6) is 0 Å². The van der Waals surface area contributed by atoms with Crippen molar-refractivity contribution in [1.29, 1.82) is 0 Å². The minimum Gasteiger partial charge on any atom is -0.444 e. The molecule has 0 amide bonds. The van der Waals surface area contributed by atoms with Crippen LogP contribution >= 0.6 is 8.53 Å². The van der Waals surface area contributed by atoms with Gasteiger partial charge in [-0.25, -0.2) is 0 Å². The van der Waals surface area contributed by atoms with E-state index in [2.05, 4.69) is 4.52 Å². The number of hydrogen-bond donors (Lipinski definition) is 2. The fourth-order valence-corrected chi connectivity index (χ4v) is 0.552. The maximum Gasteiger partial charge on any atom is 0.311 e. The Kier molecular flexibility index (Phi) is 6.50. The largest absolute Gasteiger partial charge is 0.444 e. The first kappa shape index (κ1) is 9.63. The van der Waals surface area contributed by atoms with Gasteiger partial charge in [-0.1, -0.05) is 19.1 Å². The Morgan fingerprint density at radius 2 is 2.30 bits per heavy atom. The molecule has 3 N–H and O–H groups in total. The van der Waals surface area contributed by atoms with Crippen LogP contribution in [0.25, 0.3) is 0 Å². The molecule has 0 heterocycles. The molecule has 10 heavy (non-hydrogen) atoms. The topological polar surface area (TPSA) is 55.5 Å². The highest BCUT2D eigenvalue weighted by Crippen LogP contribution is 2.18. The summed E-state index contributed by atoms with van der Waals surface area (Å²) in [6, 6.07) is 0. The van der Waals surface area contributed by atoms with Crippen LogP contribution in [0.4, 0.5) is 0 Å². The second-order valence-electron chi connectivity index (χ2n) is 1.57. The van der Waals surface area contributed by atoms with E-state index < -0.39 is 8.53 Å². The van der Waals surface area contributed by atoms with Gasteiger partial charge in [-0.15, -0.1) is 0 Å². The number of allylic oxidation sites excluding steroid dienone is 3. The molecule has 0 fully saturated rings. The van der Waals surface area contributed by atoms with Gasteiger partial charge in [0.25, 0.3) is 0 Å². The molecular weight excluding hydrogens is 149 g/mol. The first-order valence-electron chi connectivity index (χ1n) is 2.99. The summed E-state index contributed by atoms with van der Waals surface area (Å²) in [5.74, 6) is 0. The Balaban J connectivity index is 3.28. The average Bonchev–Trinajstić information content (AvgIpc) is 1.87. The van der Waals surface area contributed by atoms with Crippen molar-refractivity contribution < 1.29 is 9.42 Å². The van der Waals surface area contributed by atoms with E-state index >= 15 is 0 Å². The SMILES string of the molecule is CCC=CC=COP(N)O. The zero-order valence-electron chi connectivity index (χ0n) is 5.90. The molecule has 0 aromatic rings. The zero-order valence-corrected chi connectivity index (χ0v) is 6.79. The molecule has 1 unspecified atom stereocenters. The Morgan fingerprint density at radius 3 is 2.80 bits per heavy atom. The van der Waals surface area contributed by atoms with Crippen LogP contribution < -0.4 is 5.50 Å². The number of hydrogen-bond acceptors (Lipinski definition) is 3. The van der Waals surface area contributed by atoms with E-state index in [1.54, 1.807) is 6.08 Å². The standard InChI is InChI=1S/C6H12NO2P/c1-2-3-4-5-6-9-10(7)8/h3-6,8H,2,7H2,1H3. The third-order valence-electron chi connectivity index (χ3n) is 0.730. The molecule has 4 heteroatoms. The molecule has 1 atom stereocenters. The first-order valence-corrected chi connectivity index (χ1v) is 4.27. The second-order valence-corrected chi connectivity index (χ2v) is 2.39. The number of rotatable bonds is 4. The summed E-state index contributed by atoms with van der Waals surface area (Å²) in [6.07, 6.45) is 7.84. The van der Waals surface area contributed by atoms with Crippen molar-refractivity contribution in [3.8, 4) is 0 Å². The highest BCUT2D eigenvalue weighted by atomic mass is 31.2. The summed E-state index contributed by atoms with van der Waals surface area (Å²) in [4.78, 5) is 8.45. The van der Waals surface area contributed by atoms with Gasteiger partial charge in [0.15, 0.2) is 0 Å². The lowest BCUT2D eigenvalue weighted by Gasteiger charge is -1.97. The molecular formula is C6H12NO2P. The van der Waals surface area contributed by atoms with E-state index in [0.717, 1.165) is 6.42 Å². The van der Waals surface area contributed by atoms with E-state index in [-0.39, 0.29) is 0 Å². The van der Waals surface area contributed by atoms with Crippen molar-refractivity contribution in [3.05, 3.63) is 24.5 Å². The first-order chi connectivity index (χ1) is 4.77. The van der Waals surface area contributed by atoms with E-state index in [9.17, 15) is 0 Å². The van der Waals surface area contributed by atoms with Gasteiger partial charge >= 0.3 is 8.53 Å². The number of nitrogens with two attached hydrogens (primary N) is 1. The second kappa shape index (κ2) is 6.75. The predicted octanol–water partition coefficient (Wildman–Crippen LogP) is 1.66. The molecule has 0 spiro atoms. The van der Waals surface area contributed by atoms with E-state index in [1.807, 2.05) is 19.1 Å². The Bertz CT molecular complexity index is 123. The molecule has 3 nitrogen and oxygen atoms in total. The van der Waals surface area contributed by atoms with Crippen molar-refractivity contribution >= 4 is 8.53 Å². The Morgan fingerprint density at radius 1 is 1.60 bits per heavy atom. The maximum atomic E-state index is 8.45. The van der Waals surface area contributed by atoms with Crippen LogP contribution in [0.15, 0.2) is 24.5 Å². The summed E-state index contributed by atoms with van der Waals surface area (Å²) in [5, 5.41) is 0. The monoisotopic (exact) mass is 161 g/mol. The zero-order chi connectivity index (χ0) is 7.82. The van der Waals surface area contributed by atoms with Crippen LogP contribution in [0, 0.1) is 0 Å². The molecule has 0 aromatic carbocycles. The van der Waals surface area contributed by atoms with Crippen LogP contribution in [0.3, 0.4) is 0 Å². The van der Waals surface area contributed by atoms with Gasteiger partial charge in [-0.05, 0) is 12.5 Å². The molecule has 0 rings (SSSR count). The predicted molar refractivity (Wildman–Crippen MR) is 43.0 cm³/mol. The van der Waals surface area contributed by atoms with E-state index in [4.69, 9.17) is 10.4 Å². The molecule has 0 aromatic heterocycles. The highest BCUT2D eigenvalue weighted by molar-refractivity contribution is 7.43. The van der Waals surface area contributed by atoms with Crippen LogP contribution in [0.2, 0.25) is 0 Å². The van der Waals surface area contributed by atoms with Gasteiger partial charge in [0.1, 0.15) is 0 Å². The summed E-state index contributed by atoms with van der Waals surface area (Å²) >= 11 is 0. The van der Waals surface area contributed by atoms with Gasteiger partial charge in [0.2, 0.25) is 0 Å². The van der Waals surface area contributed by atoms with Crippen LogP contribution in [-0.4, -0.2) is 4.89 Å². The van der Waals surface area contributed by atoms with Gasteiger partial charge in [0, 0.05) is 0 Å². The quantitative estimate of drug-likeness (QED) is 0.374. The molecule has 0 aliphatic heterocycles. The Labute approximate surface area is 62.2 Å². The van der Waals surface area contributed by atoms with Crippen LogP contribution in [-0.2, 0) is 4.52 Å². The van der Waals surface area contributed by atoms with Gasteiger partial charge in [-0.2, -0.15) is 0 Å². The van der Waals surface area contributed by atoms with Crippen molar-refractivity contribution in [2.24, 2.45) is 5.50 Å². The fourth-order valence-electron chi connectivity index (χ4n) is 0.358. The summed E-state index contributed by atoms with van der Waals surface area (Å²) < 4.78 is 4.55. The Hall–Kier alpha value is -0.370. The van der Waals surface area contributed by atoms with Gasteiger partial charge in [0.05, 0.1) is 6.26 Å². The minimum atomic E-state index is -1.74. The molecule has 0 saturated carbocycles. The molecule has 0 saturated heterocycles. The molecule has 0 aliphatic rings. The lowest BCUT2D eigenvalue weighted by Crippen LogP contribution is -1.85. The average molecular weight is 161 g/mol. The molecule has 0 radical (unpaired) electrons. The van der Waals surface area contributed by atoms with Crippen molar-refractivity contribution in [2.75, 3.05) is 0 Å². The van der Waals surface area contributed by atoms with E-state index in [0.29, 0.717) is 0 Å². The van der Waals surface area contributed by atoms with Crippen molar-refractivity contribution in [3.63, 3.8) is 0 Å². The summed E-state index contributed by atoms with van der Waals surface area (Å²) in [6.45, 7) is 2.03. The summed E-state index contributed by atoms with van der Waals surface area (Å²) in [5.41, 5.74) is 4.93. The normalized spacial score (nSPS) is 14.7. The maximum absolute atomic E-state index is 8.45. The molecule has 0 aliphatic carbocycles. The third kappa shape index (κ3) is 7.63. The highest BCUT2D eigenvalue weighted by Gasteiger charge is 1.87. The van der Waals surface area contributed by atoms with Gasteiger partial charge < -0.3 is 9.42 Å². The van der Waals surface area contributed by atoms with E-state index in [1.165, 1.54) is 6.26 Å². The minimum absolute atomic E-state index is 0.987. The third-order valence-corrected chi connectivity index (χ3v) is 1.07. The lowest BCUT2D eigenvalue weighted by atomic mass is 10.4. The van der Waals surface area contributed by atoms with Crippen molar-refractivity contribution in [2.45, 2.75) is 13.3 Å². The lowest BCUT2D eigenvalue weighted by molar-refractivity contribution is 0.440. The fraction of sp³-hybridized carbons (Fsp3) is 0.333. The summed E-state index contributed by atoms with van der Waals surface area (Å²) in [7, 11) is -1.74.